The van der Waals surface area contributed by atoms with Crippen LogP contribution in [0.1, 0.15) is 11.1 Å². The first-order valence-electron chi connectivity index (χ1n) is 8.42. The van der Waals surface area contributed by atoms with Crippen LogP contribution in [0.2, 0.25) is 0 Å². The molecule has 0 fully saturated rings. The molecule has 1 aliphatic rings. The molecule has 4 rings (SSSR count). The first-order valence-corrected chi connectivity index (χ1v) is 8.83. The Hall–Kier alpha value is -2.31. The number of aromatic nitrogens is 3. The Morgan fingerprint density at radius 3 is 2.60 bits per heavy atom. The van der Waals surface area contributed by atoms with E-state index in [-0.39, 0.29) is 5.82 Å². The molecule has 0 spiro atoms. The molecule has 0 aliphatic carbocycles. The summed E-state index contributed by atoms with van der Waals surface area (Å²) in [5, 5.41) is 4.69. The van der Waals surface area contributed by atoms with Crippen molar-refractivity contribution in [2.24, 2.45) is 7.05 Å². The van der Waals surface area contributed by atoms with Crippen LogP contribution in [0.5, 0.6) is 0 Å². The number of hydrogen-bond acceptors (Lipinski definition) is 2. The Morgan fingerprint density at radius 2 is 1.84 bits per heavy atom. The van der Waals surface area contributed by atoms with E-state index in [1.54, 1.807) is 12.1 Å². The molecule has 1 atom stereocenters. The first-order chi connectivity index (χ1) is 12.1. The van der Waals surface area contributed by atoms with E-state index in [1.807, 2.05) is 16.3 Å². The SMILES string of the molecule is Cn1c(-c2ccc(F)cc2)nn(C[NH+]2CCc3ccccc3C2)c1=S. The highest BCUT2D eigenvalue weighted by Gasteiger charge is 2.21. The van der Waals surface area contributed by atoms with E-state index in [2.05, 4.69) is 24.3 Å². The second-order valence-electron chi connectivity index (χ2n) is 6.53. The number of nitrogens with zero attached hydrogens (tertiary/aromatic N) is 3. The number of fused-ring (bicyclic) bond motifs is 1. The Kier molecular flexibility index (Phi) is 4.23. The fraction of sp³-hybridized carbons (Fsp3) is 0.263. The minimum atomic E-state index is -0.249. The predicted molar refractivity (Wildman–Crippen MR) is 97.1 cm³/mol. The smallest absolute Gasteiger partial charge is 0.202 e. The highest BCUT2D eigenvalue weighted by atomic mass is 32.1. The van der Waals surface area contributed by atoms with Gasteiger partial charge in [-0.3, -0.25) is 0 Å². The van der Waals surface area contributed by atoms with Gasteiger partial charge in [0.2, 0.25) is 4.77 Å². The standard InChI is InChI=1S/C19H19FN4S/c1-22-18(15-6-8-17(20)9-7-15)21-24(19(22)25)13-23-11-10-14-4-2-3-5-16(14)12-23/h2-9H,10-13H2,1H3/p+1. The number of benzene rings is 2. The van der Waals surface area contributed by atoms with Gasteiger partial charge in [-0.25, -0.2) is 4.39 Å². The van der Waals surface area contributed by atoms with Crippen LogP contribution in [0.25, 0.3) is 11.4 Å². The zero-order valence-corrected chi connectivity index (χ0v) is 14.9. The van der Waals surface area contributed by atoms with Gasteiger partial charge in [0.15, 0.2) is 12.5 Å². The summed E-state index contributed by atoms with van der Waals surface area (Å²) in [6.07, 6.45) is 1.08. The van der Waals surface area contributed by atoms with Crippen molar-refractivity contribution in [1.82, 2.24) is 14.3 Å². The Labute approximate surface area is 151 Å². The summed E-state index contributed by atoms with van der Waals surface area (Å²) in [7, 11) is 1.91. The van der Waals surface area contributed by atoms with Crippen LogP contribution in [-0.2, 0) is 26.7 Å². The number of hydrogen-bond donors (Lipinski definition) is 1. The quantitative estimate of drug-likeness (QED) is 0.731. The van der Waals surface area contributed by atoms with Gasteiger partial charge in [-0.2, -0.15) is 4.68 Å². The van der Waals surface area contributed by atoms with E-state index in [0.29, 0.717) is 4.77 Å². The van der Waals surface area contributed by atoms with Gasteiger partial charge in [0.1, 0.15) is 12.4 Å². The van der Waals surface area contributed by atoms with Gasteiger partial charge in [-0.05, 0) is 42.0 Å². The lowest BCUT2D eigenvalue weighted by molar-refractivity contribution is -0.939. The minimum Gasteiger partial charge on any atom is -0.312 e. The van der Waals surface area contributed by atoms with Crippen LogP contribution < -0.4 is 4.90 Å². The van der Waals surface area contributed by atoms with Crippen molar-refractivity contribution in [3.8, 4) is 11.4 Å². The van der Waals surface area contributed by atoms with Crippen molar-refractivity contribution < 1.29 is 9.29 Å². The minimum absolute atomic E-state index is 0.249. The second kappa shape index (κ2) is 6.54. The van der Waals surface area contributed by atoms with Gasteiger partial charge >= 0.3 is 0 Å². The van der Waals surface area contributed by atoms with Crippen LogP contribution in [-0.4, -0.2) is 20.9 Å². The largest absolute Gasteiger partial charge is 0.312 e. The van der Waals surface area contributed by atoms with E-state index in [4.69, 9.17) is 17.3 Å². The molecule has 2 aromatic carbocycles. The summed E-state index contributed by atoms with van der Waals surface area (Å²) >= 11 is 5.56. The third kappa shape index (κ3) is 3.15. The van der Waals surface area contributed by atoms with Gasteiger partial charge < -0.3 is 9.47 Å². The van der Waals surface area contributed by atoms with Gasteiger partial charge in [0.25, 0.3) is 0 Å². The molecule has 0 amide bonds. The molecule has 1 aliphatic heterocycles. The van der Waals surface area contributed by atoms with Gasteiger partial charge in [-0.1, -0.05) is 24.3 Å². The number of rotatable bonds is 3. The summed E-state index contributed by atoms with van der Waals surface area (Å²) in [6, 6.07) is 15.0. The van der Waals surface area contributed by atoms with Crippen molar-refractivity contribution in [1.29, 1.82) is 0 Å². The summed E-state index contributed by atoms with van der Waals surface area (Å²) in [5.74, 6) is 0.516. The Bertz CT molecular complexity index is 958. The zero-order chi connectivity index (χ0) is 17.4. The third-order valence-corrected chi connectivity index (χ3v) is 5.31. The summed E-state index contributed by atoms with van der Waals surface area (Å²) in [4.78, 5) is 1.44. The molecule has 0 saturated heterocycles. The number of nitrogens with one attached hydrogen (secondary N) is 1. The van der Waals surface area contributed by atoms with Crippen LogP contribution >= 0.6 is 12.2 Å². The molecule has 3 aromatic rings. The lowest BCUT2D eigenvalue weighted by atomic mass is 10.0. The molecule has 4 nitrogen and oxygen atoms in total. The molecule has 128 valence electrons. The van der Waals surface area contributed by atoms with Crippen molar-refractivity contribution in [3.63, 3.8) is 0 Å². The fourth-order valence-corrected chi connectivity index (χ4v) is 3.62. The summed E-state index contributed by atoms with van der Waals surface area (Å²) in [6.45, 7) is 2.80. The molecular weight excluding hydrogens is 335 g/mol. The zero-order valence-electron chi connectivity index (χ0n) is 14.1. The third-order valence-electron chi connectivity index (χ3n) is 4.82. The van der Waals surface area contributed by atoms with Gasteiger partial charge in [0, 0.05) is 24.6 Å². The maximum Gasteiger partial charge on any atom is 0.202 e. The van der Waals surface area contributed by atoms with Crippen molar-refractivity contribution >= 4 is 12.2 Å². The molecule has 1 N–H and O–H groups in total. The number of halogens is 1. The first kappa shape index (κ1) is 16.2. The average molecular weight is 355 g/mol. The molecule has 2 heterocycles. The topological polar surface area (TPSA) is 27.2 Å². The highest BCUT2D eigenvalue weighted by Crippen LogP contribution is 2.17. The van der Waals surface area contributed by atoms with Crippen molar-refractivity contribution in [2.75, 3.05) is 6.54 Å². The summed E-state index contributed by atoms with van der Waals surface area (Å²) in [5.41, 5.74) is 3.72. The maximum absolute atomic E-state index is 13.2. The molecule has 0 bridgehead atoms. The van der Waals surface area contributed by atoms with Crippen LogP contribution in [0, 0.1) is 10.6 Å². The molecule has 25 heavy (non-hydrogen) atoms. The van der Waals surface area contributed by atoms with Crippen molar-refractivity contribution in [2.45, 2.75) is 19.6 Å². The number of quaternary nitrogens is 1. The monoisotopic (exact) mass is 355 g/mol. The van der Waals surface area contributed by atoms with Crippen LogP contribution in [0.4, 0.5) is 4.39 Å². The van der Waals surface area contributed by atoms with E-state index < -0.39 is 0 Å². The van der Waals surface area contributed by atoms with Crippen LogP contribution in [0.3, 0.4) is 0 Å². The molecule has 6 heteroatoms. The average Bonchev–Trinajstić information content (AvgIpc) is 2.91. The maximum atomic E-state index is 13.2. The molecule has 1 aromatic heterocycles. The molecule has 0 saturated carbocycles. The lowest BCUT2D eigenvalue weighted by Gasteiger charge is -2.25. The fourth-order valence-electron chi connectivity index (χ4n) is 3.43. The normalized spacial score (nSPS) is 16.6. The van der Waals surface area contributed by atoms with E-state index >= 15 is 0 Å². The van der Waals surface area contributed by atoms with E-state index in [9.17, 15) is 4.39 Å². The molecular formula is C19H20FN4S+. The highest BCUT2D eigenvalue weighted by molar-refractivity contribution is 7.71. The lowest BCUT2D eigenvalue weighted by Crippen LogP contribution is -3.11. The van der Waals surface area contributed by atoms with Gasteiger partial charge in [-0.15, -0.1) is 5.10 Å². The van der Waals surface area contributed by atoms with E-state index in [1.165, 1.54) is 28.2 Å². The van der Waals surface area contributed by atoms with Gasteiger partial charge in [0.05, 0.1) is 6.54 Å². The second-order valence-corrected chi connectivity index (χ2v) is 6.89. The van der Waals surface area contributed by atoms with Crippen molar-refractivity contribution in [3.05, 3.63) is 70.2 Å². The predicted octanol–water partition coefficient (Wildman–Crippen LogP) is 2.36. The molecule has 0 radical (unpaired) electrons. The molecule has 1 unspecified atom stereocenters. The Morgan fingerprint density at radius 1 is 1.12 bits per heavy atom. The Balaban J connectivity index is 1.59. The van der Waals surface area contributed by atoms with E-state index in [0.717, 1.165) is 37.6 Å². The summed E-state index contributed by atoms with van der Waals surface area (Å²) < 4.78 is 17.6. The van der Waals surface area contributed by atoms with Crippen LogP contribution in [0.15, 0.2) is 48.5 Å².